The molecule has 0 aliphatic rings. The smallest absolute Gasteiger partial charge is 0.342 e. The third-order valence-corrected chi connectivity index (χ3v) is 7.04. The molecule has 234 valence electrons. The molecule has 0 fully saturated rings. The average molecular weight is 619 g/mol. The molecule has 0 aromatic heterocycles. The molecule has 0 bridgehead atoms. The first-order valence-corrected chi connectivity index (χ1v) is 14.6. The summed E-state index contributed by atoms with van der Waals surface area (Å²) in [5.74, 6) is 0.301. The van der Waals surface area contributed by atoms with Gasteiger partial charge < -0.3 is 28.4 Å². The number of ether oxygens (including phenoxy) is 6. The Balaban J connectivity index is 1.30. The predicted octanol–water partition coefficient (Wildman–Crippen LogP) is 7.58. The van der Waals surface area contributed by atoms with E-state index in [0.717, 1.165) is 28.0 Å². The number of methoxy groups -OCH3 is 2. The van der Waals surface area contributed by atoms with Gasteiger partial charge in [-0.15, -0.1) is 0 Å². The molecule has 0 atom stereocenters. The first kappa shape index (κ1) is 31.7. The van der Waals surface area contributed by atoms with Crippen LogP contribution in [0.1, 0.15) is 43.0 Å². The van der Waals surface area contributed by atoms with Crippen molar-refractivity contribution >= 4 is 11.9 Å². The number of rotatable bonds is 14. The van der Waals surface area contributed by atoms with Crippen LogP contribution in [0.2, 0.25) is 0 Å². The van der Waals surface area contributed by atoms with Crippen molar-refractivity contribution in [3.8, 4) is 23.0 Å². The van der Waals surface area contributed by atoms with Gasteiger partial charge in [0.2, 0.25) is 0 Å². The summed E-state index contributed by atoms with van der Waals surface area (Å²) in [6.07, 6.45) is 0. The molecule has 5 rings (SSSR count). The predicted molar refractivity (Wildman–Crippen MR) is 172 cm³/mol. The Morgan fingerprint density at radius 1 is 0.457 bits per heavy atom. The molecule has 0 unspecified atom stereocenters. The monoisotopic (exact) mass is 618 g/mol. The Labute approximate surface area is 268 Å². The highest BCUT2D eigenvalue weighted by atomic mass is 16.5. The second-order valence-electron chi connectivity index (χ2n) is 10.2. The van der Waals surface area contributed by atoms with Crippen LogP contribution in [0.4, 0.5) is 0 Å². The Morgan fingerprint density at radius 3 is 1.37 bits per heavy atom. The van der Waals surface area contributed by atoms with Crippen molar-refractivity contribution in [3.05, 3.63) is 155 Å². The SMILES string of the molecule is COC(=O)c1ccc(OCc2ccc(OCc3ccccc3)cc2)c(OCc2ccc(OCc3ccccc3)cc2)c1C(=O)OC. The van der Waals surface area contributed by atoms with Crippen LogP contribution in [0.5, 0.6) is 23.0 Å². The van der Waals surface area contributed by atoms with Crippen LogP contribution in [0.3, 0.4) is 0 Å². The molecule has 0 heterocycles. The Bertz CT molecular complexity index is 1720. The summed E-state index contributed by atoms with van der Waals surface area (Å²) in [4.78, 5) is 25.5. The lowest BCUT2D eigenvalue weighted by atomic mass is 10.1. The molecular formula is C38H34O8. The zero-order valence-corrected chi connectivity index (χ0v) is 25.6. The highest BCUT2D eigenvalue weighted by Gasteiger charge is 2.27. The molecule has 0 saturated heterocycles. The van der Waals surface area contributed by atoms with E-state index in [2.05, 4.69) is 0 Å². The van der Waals surface area contributed by atoms with Crippen molar-refractivity contribution in [1.82, 2.24) is 0 Å². The summed E-state index contributed by atoms with van der Waals surface area (Å²) >= 11 is 0. The molecule has 0 saturated carbocycles. The molecule has 46 heavy (non-hydrogen) atoms. The van der Waals surface area contributed by atoms with E-state index in [0.29, 0.717) is 19.0 Å². The second kappa shape index (κ2) is 15.8. The maximum atomic E-state index is 13.0. The summed E-state index contributed by atoms with van der Waals surface area (Å²) in [5.41, 5.74) is 3.73. The fourth-order valence-electron chi connectivity index (χ4n) is 4.57. The van der Waals surface area contributed by atoms with E-state index in [9.17, 15) is 9.59 Å². The van der Waals surface area contributed by atoms with E-state index in [-0.39, 0.29) is 35.8 Å². The molecular weight excluding hydrogens is 584 g/mol. The van der Waals surface area contributed by atoms with Gasteiger partial charge in [-0.05, 0) is 58.7 Å². The molecule has 5 aromatic carbocycles. The van der Waals surface area contributed by atoms with Crippen LogP contribution in [0.15, 0.2) is 121 Å². The molecule has 8 heteroatoms. The van der Waals surface area contributed by atoms with Gasteiger partial charge in [0.05, 0.1) is 19.8 Å². The van der Waals surface area contributed by atoms with Crippen molar-refractivity contribution in [2.24, 2.45) is 0 Å². The van der Waals surface area contributed by atoms with Gasteiger partial charge in [0.25, 0.3) is 0 Å². The minimum absolute atomic E-state index is 0.00118. The lowest BCUT2D eigenvalue weighted by Crippen LogP contribution is -2.15. The van der Waals surface area contributed by atoms with Crippen molar-refractivity contribution < 1.29 is 38.0 Å². The van der Waals surface area contributed by atoms with Crippen molar-refractivity contribution in [1.29, 1.82) is 0 Å². The normalized spacial score (nSPS) is 10.5. The third-order valence-electron chi connectivity index (χ3n) is 7.04. The number of carbonyl (C=O) groups is 2. The lowest BCUT2D eigenvalue weighted by molar-refractivity contribution is 0.0549. The first-order chi connectivity index (χ1) is 22.5. The Morgan fingerprint density at radius 2 is 0.891 bits per heavy atom. The third kappa shape index (κ3) is 8.45. The Hall–Kier alpha value is -5.76. The minimum Gasteiger partial charge on any atom is -0.489 e. The average Bonchev–Trinajstić information content (AvgIpc) is 3.12. The molecule has 0 spiro atoms. The number of esters is 2. The topological polar surface area (TPSA) is 89.5 Å². The van der Waals surface area contributed by atoms with E-state index in [1.807, 2.05) is 109 Å². The first-order valence-electron chi connectivity index (χ1n) is 14.6. The summed E-state index contributed by atoms with van der Waals surface area (Å²) in [6.45, 7) is 1.16. The van der Waals surface area contributed by atoms with Crippen molar-refractivity contribution in [2.75, 3.05) is 14.2 Å². The van der Waals surface area contributed by atoms with Crippen LogP contribution < -0.4 is 18.9 Å². The van der Waals surface area contributed by atoms with Gasteiger partial charge in [-0.1, -0.05) is 84.9 Å². The van der Waals surface area contributed by atoms with Gasteiger partial charge in [-0.3, -0.25) is 0 Å². The summed E-state index contributed by atoms with van der Waals surface area (Å²) < 4.78 is 34.0. The van der Waals surface area contributed by atoms with Gasteiger partial charge in [-0.25, -0.2) is 9.59 Å². The summed E-state index contributed by atoms with van der Waals surface area (Å²) in [7, 11) is 2.47. The zero-order chi connectivity index (χ0) is 32.1. The van der Waals surface area contributed by atoms with Crippen LogP contribution in [0, 0.1) is 0 Å². The van der Waals surface area contributed by atoms with Crippen LogP contribution >= 0.6 is 0 Å². The molecule has 5 aromatic rings. The maximum Gasteiger partial charge on any atom is 0.342 e. The molecule has 8 nitrogen and oxygen atoms in total. The maximum absolute atomic E-state index is 13.0. The van der Waals surface area contributed by atoms with E-state index in [4.69, 9.17) is 28.4 Å². The van der Waals surface area contributed by atoms with Crippen molar-refractivity contribution in [3.63, 3.8) is 0 Å². The standard InChI is InChI=1S/C38H34O8/c1-41-37(39)33-21-22-34(45-25-29-13-17-31(18-14-29)43-23-27-9-5-3-6-10-27)36(35(33)38(40)42-2)46-26-30-15-19-32(20-16-30)44-24-28-11-7-4-8-12-28/h3-22H,23-26H2,1-2H3. The van der Waals surface area contributed by atoms with Gasteiger partial charge in [-0.2, -0.15) is 0 Å². The highest BCUT2D eigenvalue weighted by molar-refractivity contribution is 6.05. The van der Waals surface area contributed by atoms with E-state index in [1.165, 1.54) is 20.3 Å². The summed E-state index contributed by atoms with van der Waals surface area (Å²) in [5, 5.41) is 0. The van der Waals surface area contributed by atoms with Gasteiger partial charge in [0, 0.05) is 0 Å². The summed E-state index contributed by atoms with van der Waals surface area (Å²) in [6, 6.07) is 37.8. The number of benzene rings is 5. The van der Waals surface area contributed by atoms with Crippen LogP contribution in [0.25, 0.3) is 0 Å². The fraction of sp³-hybridized carbons (Fsp3) is 0.158. The number of hydrogen-bond donors (Lipinski definition) is 0. The van der Waals surface area contributed by atoms with Gasteiger partial charge >= 0.3 is 11.9 Å². The second-order valence-corrected chi connectivity index (χ2v) is 10.2. The van der Waals surface area contributed by atoms with Crippen LogP contribution in [-0.2, 0) is 35.9 Å². The van der Waals surface area contributed by atoms with E-state index >= 15 is 0 Å². The fourth-order valence-corrected chi connectivity index (χ4v) is 4.57. The molecule has 0 aliphatic carbocycles. The Kier molecular flexibility index (Phi) is 10.9. The lowest BCUT2D eigenvalue weighted by Gasteiger charge is -2.18. The molecule has 0 amide bonds. The molecule has 0 radical (unpaired) electrons. The number of hydrogen-bond acceptors (Lipinski definition) is 8. The van der Waals surface area contributed by atoms with E-state index < -0.39 is 11.9 Å². The minimum atomic E-state index is -0.759. The highest BCUT2D eigenvalue weighted by Crippen LogP contribution is 2.36. The zero-order valence-electron chi connectivity index (χ0n) is 25.6. The molecule has 0 N–H and O–H groups in total. The van der Waals surface area contributed by atoms with Crippen molar-refractivity contribution in [2.45, 2.75) is 26.4 Å². The largest absolute Gasteiger partial charge is 0.489 e. The van der Waals surface area contributed by atoms with Gasteiger partial charge in [0.1, 0.15) is 43.5 Å². The molecule has 0 aliphatic heterocycles. The van der Waals surface area contributed by atoms with Gasteiger partial charge in [0.15, 0.2) is 11.5 Å². The number of carbonyl (C=O) groups excluding carboxylic acids is 2. The van der Waals surface area contributed by atoms with E-state index in [1.54, 1.807) is 6.07 Å². The quantitative estimate of drug-likeness (QED) is 0.118. The van der Waals surface area contributed by atoms with Crippen LogP contribution in [-0.4, -0.2) is 26.2 Å².